The molecule has 47 heavy (non-hydrogen) atoms. The molecule has 2 aromatic carbocycles. The lowest BCUT2D eigenvalue weighted by Gasteiger charge is -2.35. The SMILES string of the molecule is C=CC(=O)N[C@H](C)c1cc(-c2nc(-c3ccc(OCC4CN(C)C4)cc3)c3ccsc3c2-c2c(F)cc(F)cc2OCCOC)n[nH]1. The highest BCUT2D eigenvalue weighted by atomic mass is 32.1. The molecule has 4 heterocycles. The molecule has 244 valence electrons. The van der Waals surface area contributed by atoms with Gasteiger partial charge in [0.05, 0.1) is 36.2 Å². The van der Waals surface area contributed by atoms with Crippen LogP contribution in [0.25, 0.3) is 43.9 Å². The molecule has 0 bridgehead atoms. The van der Waals surface area contributed by atoms with Crippen LogP contribution in [0.4, 0.5) is 8.78 Å². The number of thiophene rings is 1. The van der Waals surface area contributed by atoms with E-state index in [1.807, 2.05) is 35.7 Å². The Labute approximate surface area is 275 Å². The van der Waals surface area contributed by atoms with Crippen LogP contribution in [0.5, 0.6) is 11.5 Å². The molecule has 0 spiro atoms. The number of likely N-dealkylation sites (tertiary alicyclic amines) is 1. The monoisotopic (exact) mass is 659 g/mol. The Morgan fingerprint density at radius 2 is 1.91 bits per heavy atom. The molecular formula is C35H35F2N5O4S. The van der Waals surface area contributed by atoms with Gasteiger partial charge in [0.1, 0.15) is 41.1 Å². The fraction of sp³-hybridized carbons (Fsp3) is 0.286. The first-order valence-corrected chi connectivity index (χ1v) is 16.1. The fourth-order valence-electron chi connectivity index (χ4n) is 5.69. The van der Waals surface area contributed by atoms with E-state index in [2.05, 4.69) is 34.0 Å². The topological polar surface area (TPSA) is 102 Å². The number of fused-ring (bicyclic) bond motifs is 1. The number of aromatic nitrogens is 3. The highest BCUT2D eigenvalue weighted by Gasteiger charge is 2.27. The van der Waals surface area contributed by atoms with Gasteiger partial charge in [-0.25, -0.2) is 13.8 Å². The first kappa shape index (κ1) is 32.3. The van der Waals surface area contributed by atoms with Crippen LogP contribution in [0, 0.1) is 17.6 Å². The zero-order valence-corrected chi connectivity index (χ0v) is 27.1. The molecule has 5 aromatic rings. The Kier molecular flexibility index (Phi) is 9.62. The molecule has 9 nitrogen and oxygen atoms in total. The maximum atomic E-state index is 15.9. The molecule has 6 rings (SSSR count). The van der Waals surface area contributed by atoms with Crippen LogP contribution in [0.15, 0.2) is 66.6 Å². The predicted molar refractivity (Wildman–Crippen MR) is 179 cm³/mol. The summed E-state index contributed by atoms with van der Waals surface area (Å²) >= 11 is 1.41. The van der Waals surface area contributed by atoms with Gasteiger partial charge in [-0.05, 0) is 61.8 Å². The average Bonchev–Trinajstić information content (AvgIpc) is 3.73. The van der Waals surface area contributed by atoms with E-state index in [1.165, 1.54) is 24.5 Å². The van der Waals surface area contributed by atoms with Gasteiger partial charge in [-0.15, -0.1) is 11.3 Å². The molecule has 1 saturated heterocycles. The van der Waals surface area contributed by atoms with Crippen molar-refractivity contribution >= 4 is 27.3 Å². The summed E-state index contributed by atoms with van der Waals surface area (Å²) in [5.74, 6) is -0.610. The Balaban J connectivity index is 1.48. The van der Waals surface area contributed by atoms with Crippen molar-refractivity contribution in [2.45, 2.75) is 13.0 Å². The average molecular weight is 660 g/mol. The normalized spacial score (nSPS) is 14.1. The lowest BCUT2D eigenvalue weighted by Crippen LogP contribution is -2.46. The number of amides is 1. The summed E-state index contributed by atoms with van der Waals surface area (Å²) in [5, 5.41) is 13.0. The van der Waals surface area contributed by atoms with Gasteiger partial charge in [0.15, 0.2) is 0 Å². The number of rotatable bonds is 13. The number of halogens is 2. The van der Waals surface area contributed by atoms with Gasteiger partial charge in [0.2, 0.25) is 5.91 Å². The van der Waals surface area contributed by atoms with Gasteiger partial charge >= 0.3 is 0 Å². The number of H-pyrrole nitrogens is 1. The van der Waals surface area contributed by atoms with Gasteiger partial charge < -0.3 is 24.4 Å². The highest BCUT2D eigenvalue weighted by Crippen LogP contribution is 2.47. The Morgan fingerprint density at radius 3 is 2.64 bits per heavy atom. The molecule has 1 aliphatic rings. The van der Waals surface area contributed by atoms with Crippen LogP contribution in [-0.2, 0) is 9.53 Å². The van der Waals surface area contributed by atoms with Crippen LogP contribution < -0.4 is 14.8 Å². The molecule has 1 amide bonds. The van der Waals surface area contributed by atoms with Crippen molar-refractivity contribution in [3.8, 4) is 45.3 Å². The molecule has 1 fully saturated rings. The largest absolute Gasteiger partial charge is 0.493 e. The molecule has 2 N–H and O–H groups in total. The van der Waals surface area contributed by atoms with Gasteiger partial charge in [0, 0.05) is 59.5 Å². The van der Waals surface area contributed by atoms with Gasteiger partial charge in [-0.1, -0.05) is 6.58 Å². The van der Waals surface area contributed by atoms with E-state index >= 15 is 4.39 Å². The summed E-state index contributed by atoms with van der Waals surface area (Å²) in [6.07, 6.45) is 1.19. The standard InChI is InChI=1S/C35H35F2N5O4S/c1-5-30(43)38-20(2)27-16-28(41-40-27)34-32(31-26(37)14-23(36)15-29(31)45-12-11-44-4)35-25(10-13-47-35)33(39-34)22-6-8-24(9-7-22)46-19-21-17-42(3)18-21/h5-10,13-16,20-21H,1,11-12,17-19H2,2-4H3,(H,38,43)(H,40,41)/t20-/m1/s1. The quantitative estimate of drug-likeness (QED) is 0.108. The van der Waals surface area contributed by atoms with Crippen LogP contribution in [0.3, 0.4) is 0 Å². The van der Waals surface area contributed by atoms with Crippen molar-refractivity contribution in [2.24, 2.45) is 5.92 Å². The molecular weight excluding hydrogens is 624 g/mol. The molecule has 0 aliphatic carbocycles. The zero-order chi connectivity index (χ0) is 33.1. The first-order valence-electron chi connectivity index (χ1n) is 15.2. The lowest BCUT2D eigenvalue weighted by atomic mass is 9.96. The van der Waals surface area contributed by atoms with Crippen LogP contribution in [0.1, 0.15) is 18.7 Å². The van der Waals surface area contributed by atoms with Crippen molar-refractivity contribution in [3.63, 3.8) is 0 Å². The third-order valence-electron chi connectivity index (χ3n) is 8.03. The van der Waals surface area contributed by atoms with Crippen molar-refractivity contribution < 1.29 is 27.8 Å². The Hall–Kier alpha value is -4.65. The third-order valence-corrected chi connectivity index (χ3v) is 8.96. The highest BCUT2D eigenvalue weighted by molar-refractivity contribution is 7.18. The summed E-state index contributed by atoms with van der Waals surface area (Å²) in [6.45, 7) is 8.32. The summed E-state index contributed by atoms with van der Waals surface area (Å²) in [7, 11) is 3.61. The van der Waals surface area contributed by atoms with Crippen molar-refractivity contribution in [1.82, 2.24) is 25.4 Å². The minimum atomic E-state index is -0.801. The molecule has 3 aromatic heterocycles. The molecule has 12 heteroatoms. The van der Waals surface area contributed by atoms with E-state index in [0.29, 0.717) is 40.9 Å². The number of hydrogen-bond donors (Lipinski definition) is 2. The van der Waals surface area contributed by atoms with E-state index in [1.54, 1.807) is 13.0 Å². The molecule has 1 aliphatic heterocycles. The molecule has 0 unspecified atom stereocenters. The molecule has 0 radical (unpaired) electrons. The van der Waals surface area contributed by atoms with E-state index in [0.717, 1.165) is 46.6 Å². The number of hydrogen-bond acceptors (Lipinski definition) is 8. The van der Waals surface area contributed by atoms with E-state index in [4.69, 9.17) is 19.2 Å². The van der Waals surface area contributed by atoms with E-state index in [-0.39, 0.29) is 30.4 Å². The summed E-state index contributed by atoms with van der Waals surface area (Å²) in [6, 6.07) is 13.0. The predicted octanol–water partition coefficient (Wildman–Crippen LogP) is 6.63. The molecule has 1 atom stereocenters. The van der Waals surface area contributed by atoms with Gasteiger partial charge in [-0.3, -0.25) is 9.89 Å². The van der Waals surface area contributed by atoms with Crippen LogP contribution in [-0.4, -0.2) is 73.1 Å². The molecule has 0 saturated carbocycles. The van der Waals surface area contributed by atoms with Crippen molar-refractivity contribution in [1.29, 1.82) is 0 Å². The van der Waals surface area contributed by atoms with Crippen molar-refractivity contribution in [2.75, 3.05) is 47.1 Å². The number of ether oxygens (including phenoxy) is 3. The smallest absolute Gasteiger partial charge is 0.243 e. The summed E-state index contributed by atoms with van der Waals surface area (Å²) in [4.78, 5) is 19.4. The van der Waals surface area contributed by atoms with Crippen LogP contribution in [0.2, 0.25) is 0 Å². The Morgan fingerprint density at radius 1 is 1.13 bits per heavy atom. The van der Waals surface area contributed by atoms with E-state index in [9.17, 15) is 9.18 Å². The third kappa shape index (κ3) is 6.90. The number of carbonyl (C=O) groups is 1. The van der Waals surface area contributed by atoms with E-state index < -0.39 is 17.7 Å². The second-order valence-electron chi connectivity index (χ2n) is 11.5. The second kappa shape index (κ2) is 14.0. The zero-order valence-electron chi connectivity index (χ0n) is 26.3. The number of pyridine rings is 1. The van der Waals surface area contributed by atoms with Gasteiger partial charge in [0.25, 0.3) is 0 Å². The lowest BCUT2D eigenvalue weighted by molar-refractivity contribution is -0.117. The number of aromatic amines is 1. The number of nitrogens with one attached hydrogen (secondary N) is 2. The van der Waals surface area contributed by atoms with Crippen molar-refractivity contribution in [3.05, 3.63) is 83.9 Å². The number of nitrogens with zero attached hydrogens (tertiary/aromatic N) is 3. The number of methoxy groups -OCH3 is 1. The number of benzene rings is 2. The van der Waals surface area contributed by atoms with Crippen LogP contribution >= 0.6 is 11.3 Å². The minimum absolute atomic E-state index is 0.0200. The summed E-state index contributed by atoms with van der Waals surface area (Å²) < 4.78 is 48.2. The van der Waals surface area contributed by atoms with Gasteiger partial charge in [-0.2, -0.15) is 5.10 Å². The summed E-state index contributed by atoms with van der Waals surface area (Å²) in [5.41, 5.74) is 3.33. The minimum Gasteiger partial charge on any atom is -0.493 e. The maximum Gasteiger partial charge on any atom is 0.243 e. The first-order chi connectivity index (χ1) is 22.7. The Bertz CT molecular complexity index is 1900. The fourth-order valence-corrected chi connectivity index (χ4v) is 6.64. The number of carbonyl (C=O) groups excluding carboxylic acids is 1. The maximum absolute atomic E-state index is 15.9. The second-order valence-corrected chi connectivity index (χ2v) is 12.4.